The van der Waals surface area contributed by atoms with E-state index in [1.54, 1.807) is 0 Å². The van der Waals surface area contributed by atoms with Crippen molar-refractivity contribution in [3.63, 3.8) is 0 Å². The van der Waals surface area contributed by atoms with E-state index in [-0.39, 0.29) is 0 Å². The molecule has 0 saturated carbocycles. The zero-order valence-corrected chi connectivity index (χ0v) is 14.6. The minimum absolute atomic E-state index is 0.841. The average Bonchev–Trinajstić information content (AvgIpc) is 3.20. The van der Waals surface area contributed by atoms with Crippen molar-refractivity contribution in [1.82, 2.24) is 23.9 Å². The number of fused-ring (bicyclic) bond motifs is 2. The molecule has 3 heterocycles. The topological polar surface area (TPSA) is 48.5 Å². The third-order valence-electron chi connectivity index (χ3n) is 4.78. The second-order valence-corrected chi connectivity index (χ2v) is 6.37. The molecule has 0 fully saturated rings. The van der Waals surface area contributed by atoms with Gasteiger partial charge in [0, 0.05) is 0 Å². The lowest BCUT2D eigenvalue weighted by Crippen LogP contribution is -2.00. The van der Waals surface area contributed by atoms with E-state index in [0.29, 0.717) is 0 Å². The van der Waals surface area contributed by atoms with E-state index in [4.69, 9.17) is 15.0 Å². The highest BCUT2D eigenvalue weighted by Gasteiger charge is 2.14. The summed E-state index contributed by atoms with van der Waals surface area (Å²) in [7, 11) is 4.04. The van der Waals surface area contributed by atoms with Crippen LogP contribution >= 0.6 is 0 Å². The summed E-state index contributed by atoms with van der Waals surface area (Å²) < 4.78 is 4.16. The Labute approximate surface area is 152 Å². The van der Waals surface area contributed by atoms with Crippen LogP contribution in [0.3, 0.4) is 0 Å². The Morgan fingerprint density at radius 2 is 1.00 bits per heavy atom. The zero-order chi connectivity index (χ0) is 17.7. The van der Waals surface area contributed by atoms with Crippen molar-refractivity contribution in [2.45, 2.75) is 0 Å². The molecule has 0 aliphatic rings. The first kappa shape index (κ1) is 15.0. The van der Waals surface area contributed by atoms with Crippen LogP contribution in [0.1, 0.15) is 0 Å². The van der Waals surface area contributed by atoms with Crippen LogP contribution in [-0.2, 0) is 0 Å². The Morgan fingerprint density at radius 3 is 1.46 bits per heavy atom. The number of pyridine rings is 1. The van der Waals surface area contributed by atoms with E-state index in [0.717, 1.165) is 45.1 Å². The number of aromatic nitrogens is 5. The van der Waals surface area contributed by atoms with Gasteiger partial charge in [0.05, 0.1) is 22.1 Å². The predicted octanol–water partition coefficient (Wildman–Crippen LogP) is 1.91. The van der Waals surface area contributed by atoms with E-state index in [9.17, 15) is 0 Å². The molecule has 26 heavy (non-hydrogen) atoms. The van der Waals surface area contributed by atoms with Crippen LogP contribution in [0.25, 0.3) is 45.1 Å². The molecule has 0 unspecified atom stereocenters. The lowest BCUT2D eigenvalue weighted by molar-refractivity contribution is 1.15. The molecule has 3 aromatic heterocycles. The molecule has 0 bridgehead atoms. The van der Waals surface area contributed by atoms with E-state index in [1.807, 2.05) is 70.6 Å². The Morgan fingerprint density at radius 1 is 0.538 bits per heavy atom. The highest BCUT2D eigenvalue weighted by Crippen LogP contribution is 2.26. The highest BCUT2D eigenvalue weighted by atomic mass is 15.1. The molecule has 0 amide bonds. The summed E-state index contributed by atoms with van der Waals surface area (Å²) in [6.07, 6.45) is 0. The van der Waals surface area contributed by atoms with Gasteiger partial charge in [-0.3, -0.25) is 0 Å². The van der Waals surface area contributed by atoms with Gasteiger partial charge in [0.15, 0.2) is 0 Å². The maximum atomic E-state index is 4.86. The lowest BCUT2D eigenvalue weighted by atomic mass is 10.2. The fraction of sp³-hybridized carbons (Fsp3) is 0. The summed E-state index contributed by atoms with van der Waals surface area (Å²) in [6.45, 7) is 0. The summed E-state index contributed by atoms with van der Waals surface area (Å²) in [6, 6.07) is 22.2. The first-order valence-electron chi connectivity index (χ1n) is 8.53. The van der Waals surface area contributed by atoms with Gasteiger partial charge >= 0.3 is 0 Å². The summed E-state index contributed by atoms with van der Waals surface area (Å²) in [5.41, 5.74) is 5.82. The normalized spacial score (nSPS) is 11.4. The van der Waals surface area contributed by atoms with E-state index >= 15 is 0 Å². The highest BCUT2D eigenvalue weighted by molar-refractivity contribution is 6.14. The van der Waals surface area contributed by atoms with Gasteiger partial charge in [-0.15, -0.1) is 0 Å². The number of para-hydroxylation sites is 4. The van der Waals surface area contributed by atoms with E-state index < -0.39 is 0 Å². The molecule has 0 atom stereocenters. The van der Waals surface area contributed by atoms with Gasteiger partial charge in [-0.2, -0.15) is 0 Å². The number of imidazole rings is 2. The monoisotopic (exact) mass is 335 g/mol. The molecule has 5 aromatic rings. The van der Waals surface area contributed by atoms with E-state index in [2.05, 4.69) is 21.1 Å². The molecule has 2 aromatic carbocycles. The zero-order valence-electron chi connectivity index (χ0n) is 14.6. The van der Waals surface area contributed by atoms with Crippen LogP contribution < -0.4 is 0 Å². The predicted molar refractivity (Wildman–Crippen MR) is 110 cm³/mol. The maximum Gasteiger partial charge on any atom is 0.225 e. The standard InChI is InChI=1S/C19H15B2N5/c20-25-16-10-3-1-6-12(16)23-18(25)14-8-5-9-15(22-14)19-24-13-7-2-4-11-17(13)26(19)21/h1-11H,20-21H2. The van der Waals surface area contributed by atoms with Crippen LogP contribution in [0.4, 0.5) is 0 Å². The SMILES string of the molecule is Bn1c(-c2cccc(-c3nc4ccccc4n3B)n2)nc2ccccc21. The number of benzene rings is 2. The first-order valence-corrected chi connectivity index (χ1v) is 8.53. The Hall–Kier alpha value is -3.34. The van der Waals surface area contributed by atoms with Crippen molar-refractivity contribution in [2.24, 2.45) is 0 Å². The second kappa shape index (κ2) is 5.59. The van der Waals surface area contributed by atoms with E-state index in [1.165, 1.54) is 0 Å². The van der Waals surface area contributed by atoms with Gasteiger partial charge in [-0.05, 0) is 36.4 Å². The van der Waals surface area contributed by atoms with Crippen LogP contribution in [0.5, 0.6) is 0 Å². The van der Waals surface area contributed by atoms with Crippen molar-refractivity contribution in [3.05, 3.63) is 66.7 Å². The molecule has 122 valence electrons. The number of nitrogens with zero attached hydrogens (tertiary/aromatic N) is 5. The fourth-order valence-electron chi connectivity index (χ4n) is 3.43. The largest absolute Gasteiger partial charge is 0.375 e. The van der Waals surface area contributed by atoms with Crippen LogP contribution in [0, 0.1) is 0 Å². The Bertz CT molecular complexity index is 1180. The molecule has 5 nitrogen and oxygen atoms in total. The van der Waals surface area contributed by atoms with Crippen molar-refractivity contribution in [1.29, 1.82) is 0 Å². The third kappa shape index (κ3) is 2.17. The Balaban J connectivity index is 1.69. The number of hydrogen-bond donors (Lipinski definition) is 0. The van der Waals surface area contributed by atoms with Gasteiger partial charge in [-0.1, -0.05) is 30.3 Å². The minimum atomic E-state index is 0.841. The summed E-state index contributed by atoms with van der Waals surface area (Å²) in [5, 5.41) is 0. The van der Waals surface area contributed by atoms with Gasteiger partial charge in [0.1, 0.15) is 23.0 Å². The molecule has 0 saturated heterocycles. The van der Waals surface area contributed by atoms with Gasteiger partial charge in [0.25, 0.3) is 0 Å². The van der Waals surface area contributed by atoms with Crippen molar-refractivity contribution in [3.8, 4) is 23.0 Å². The molecule has 5 rings (SSSR count). The molecule has 0 radical (unpaired) electrons. The quantitative estimate of drug-likeness (QED) is 0.463. The summed E-state index contributed by atoms with van der Waals surface area (Å²) in [5.74, 6) is 1.71. The smallest absolute Gasteiger partial charge is 0.225 e. The molecule has 7 heteroatoms. The molecular formula is C19H15B2N5. The third-order valence-corrected chi connectivity index (χ3v) is 4.78. The molecule has 0 spiro atoms. The maximum absolute atomic E-state index is 4.86. The molecule has 0 N–H and O–H groups in total. The van der Waals surface area contributed by atoms with Crippen LogP contribution in [0.15, 0.2) is 66.7 Å². The second-order valence-electron chi connectivity index (χ2n) is 6.37. The van der Waals surface area contributed by atoms with Crippen molar-refractivity contribution in [2.75, 3.05) is 0 Å². The minimum Gasteiger partial charge on any atom is -0.375 e. The number of rotatable bonds is 2. The van der Waals surface area contributed by atoms with Crippen LogP contribution in [0.2, 0.25) is 0 Å². The summed E-state index contributed by atoms with van der Waals surface area (Å²) >= 11 is 0. The molecule has 0 aliphatic carbocycles. The van der Waals surface area contributed by atoms with Crippen molar-refractivity contribution < 1.29 is 0 Å². The Kier molecular flexibility index (Phi) is 3.22. The first-order chi connectivity index (χ1) is 12.7. The molecular weight excluding hydrogens is 320 g/mol. The molecule has 0 aliphatic heterocycles. The lowest BCUT2D eigenvalue weighted by Gasteiger charge is -2.06. The fourth-order valence-corrected chi connectivity index (χ4v) is 3.43. The summed E-state index contributed by atoms with van der Waals surface area (Å²) in [4.78, 5) is 14.4. The number of hydrogen-bond acceptors (Lipinski definition) is 3. The van der Waals surface area contributed by atoms with Gasteiger partial charge < -0.3 is 8.96 Å². The van der Waals surface area contributed by atoms with Crippen molar-refractivity contribution >= 4 is 38.0 Å². The average molecular weight is 335 g/mol. The van der Waals surface area contributed by atoms with Crippen LogP contribution in [-0.4, -0.2) is 39.9 Å². The van der Waals surface area contributed by atoms with Gasteiger partial charge in [-0.25, -0.2) is 15.0 Å². The van der Waals surface area contributed by atoms with Gasteiger partial charge in [0.2, 0.25) is 16.0 Å².